The molecule has 1 aliphatic rings. The van der Waals surface area contributed by atoms with E-state index in [4.69, 9.17) is 5.73 Å². The van der Waals surface area contributed by atoms with Crippen LogP contribution >= 0.6 is 0 Å². The van der Waals surface area contributed by atoms with E-state index in [1.807, 2.05) is 0 Å². The molecule has 0 radical (unpaired) electrons. The summed E-state index contributed by atoms with van der Waals surface area (Å²) in [6.07, 6.45) is 3.60. The van der Waals surface area contributed by atoms with Crippen molar-refractivity contribution in [2.24, 2.45) is 11.7 Å². The summed E-state index contributed by atoms with van der Waals surface area (Å²) >= 11 is 0. The van der Waals surface area contributed by atoms with Crippen LogP contribution in [0, 0.1) is 5.92 Å². The summed E-state index contributed by atoms with van der Waals surface area (Å²) < 4.78 is 22.5. The Kier molecular flexibility index (Phi) is 4.92. The highest BCUT2D eigenvalue weighted by molar-refractivity contribution is 7.91. The molecule has 0 amide bonds. The molecular weight excluding hydrogens is 226 g/mol. The molecule has 16 heavy (non-hydrogen) atoms. The van der Waals surface area contributed by atoms with Gasteiger partial charge in [-0.3, -0.25) is 4.79 Å². The Labute approximate surface area is 97.5 Å². The van der Waals surface area contributed by atoms with Gasteiger partial charge in [-0.15, -0.1) is 0 Å². The van der Waals surface area contributed by atoms with E-state index in [0.29, 0.717) is 0 Å². The predicted octanol–water partition coefficient (Wildman–Crippen LogP) is 0.898. The van der Waals surface area contributed by atoms with Crippen molar-refractivity contribution < 1.29 is 13.2 Å². The second-order valence-electron chi connectivity index (χ2n) is 4.56. The standard InChI is InChI=1S/C11H21NO3S/c1-2-16(14,15)8-7-11(13)9-3-5-10(12)6-4-9/h9-10H,2-8,12H2,1H3. The predicted molar refractivity (Wildman–Crippen MR) is 63.9 cm³/mol. The molecule has 1 rings (SSSR count). The molecule has 94 valence electrons. The number of hydrogen-bond donors (Lipinski definition) is 1. The van der Waals surface area contributed by atoms with Crippen LogP contribution in [0.3, 0.4) is 0 Å². The van der Waals surface area contributed by atoms with Gasteiger partial charge < -0.3 is 5.73 Å². The van der Waals surface area contributed by atoms with Crippen molar-refractivity contribution in [3.05, 3.63) is 0 Å². The Balaban J connectivity index is 2.36. The lowest BCUT2D eigenvalue weighted by molar-refractivity contribution is -0.123. The van der Waals surface area contributed by atoms with Crippen molar-refractivity contribution in [3.63, 3.8) is 0 Å². The Hall–Kier alpha value is -0.420. The molecular formula is C11H21NO3S. The number of Topliss-reactive ketones (excluding diaryl/α,β-unsaturated/α-hetero) is 1. The summed E-state index contributed by atoms with van der Waals surface area (Å²) in [5.41, 5.74) is 5.75. The Morgan fingerprint density at radius 3 is 2.31 bits per heavy atom. The quantitative estimate of drug-likeness (QED) is 0.783. The van der Waals surface area contributed by atoms with Crippen molar-refractivity contribution >= 4 is 15.6 Å². The van der Waals surface area contributed by atoms with Crippen LogP contribution in [0.5, 0.6) is 0 Å². The molecule has 1 saturated carbocycles. The van der Waals surface area contributed by atoms with Gasteiger partial charge in [0.25, 0.3) is 0 Å². The van der Waals surface area contributed by atoms with Gasteiger partial charge in [-0.2, -0.15) is 0 Å². The van der Waals surface area contributed by atoms with E-state index >= 15 is 0 Å². The molecule has 1 aliphatic carbocycles. The molecule has 0 aromatic heterocycles. The van der Waals surface area contributed by atoms with Gasteiger partial charge in [0.1, 0.15) is 15.6 Å². The molecule has 0 atom stereocenters. The molecule has 0 saturated heterocycles. The first-order valence-corrected chi connectivity index (χ1v) is 7.75. The summed E-state index contributed by atoms with van der Waals surface area (Å²) in [6.45, 7) is 1.61. The third-order valence-corrected chi connectivity index (χ3v) is 5.03. The first kappa shape index (κ1) is 13.6. The first-order valence-electron chi connectivity index (χ1n) is 5.93. The number of carbonyl (C=O) groups excluding carboxylic acids is 1. The van der Waals surface area contributed by atoms with Crippen LogP contribution in [0.2, 0.25) is 0 Å². The number of carbonyl (C=O) groups is 1. The topological polar surface area (TPSA) is 77.2 Å². The average Bonchev–Trinajstić information content (AvgIpc) is 2.27. The van der Waals surface area contributed by atoms with E-state index in [9.17, 15) is 13.2 Å². The van der Waals surface area contributed by atoms with Crippen molar-refractivity contribution in [3.8, 4) is 0 Å². The highest BCUT2D eigenvalue weighted by atomic mass is 32.2. The highest BCUT2D eigenvalue weighted by Crippen LogP contribution is 2.24. The van der Waals surface area contributed by atoms with Gasteiger partial charge >= 0.3 is 0 Å². The molecule has 0 heterocycles. The van der Waals surface area contributed by atoms with Gasteiger partial charge in [0.15, 0.2) is 0 Å². The summed E-state index contributed by atoms with van der Waals surface area (Å²) in [5.74, 6) is 0.275. The van der Waals surface area contributed by atoms with Crippen molar-refractivity contribution in [2.75, 3.05) is 11.5 Å². The minimum atomic E-state index is -3.01. The molecule has 0 bridgehead atoms. The summed E-state index contributed by atoms with van der Waals surface area (Å²) in [5, 5.41) is 0. The molecule has 0 aromatic rings. The molecule has 1 fully saturated rings. The highest BCUT2D eigenvalue weighted by Gasteiger charge is 2.25. The third kappa shape index (κ3) is 4.22. The molecule has 5 heteroatoms. The third-order valence-electron chi connectivity index (χ3n) is 3.33. The van der Waals surface area contributed by atoms with Gasteiger partial charge in [-0.1, -0.05) is 6.92 Å². The second kappa shape index (κ2) is 5.77. The van der Waals surface area contributed by atoms with Crippen molar-refractivity contribution in [1.82, 2.24) is 0 Å². The molecule has 0 aromatic carbocycles. The van der Waals surface area contributed by atoms with Gasteiger partial charge in [0, 0.05) is 24.1 Å². The van der Waals surface area contributed by atoms with E-state index < -0.39 is 9.84 Å². The molecule has 4 nitrogen and oxygen atoms in total. The van der Waals surface area contributed by atoms with E-state index in [-0.39, 0.29) is 35.7 Å². The Morgan fingerprint density at radius 2 is 1.81 bits per heavy atom. The van der Waals surface area contributed by atoms with E-state index in [2.05, 4.69) is 0 Å². The zero-order chi connectivity index (χ0) is 12.2. The maximum atomic E-state index is 11.8. The zero-order valence-corrected chi connectivity index (χ0v) is 10.6. The van der Waals surface area contributed by atoms with E-state index in [1.54, 1.807) is 6.92 Å². The Bertz CT molecular complexity index is 329. The van der Waals surface area contributed by atoms with Gasteiger partial charge in [-0.25, -0.2) is 8.42 Å². The van der Waals surface area contributed by atoms with Crippen LogP contribution in [-0.2, 0) is 14.6 Å². The fourth-order valence-electron chi connectivity index (χ4n) is 2.05. The van der Waals surface area contributed by atoms with Gasteiger partial charge in [-0.05, 0) is 25.7 Å². The number of hydrogen-bond acceptors (Lipinski definition) is 4. The first-order chi connectivity index (χ1) is 7.44. The van der Waals surface area contributed by atoms with Crippen molar-refractivity contribution in [2.45, 2.75) is 45.1 Å². The maximum absolute atomic E-state index is 11.8. The second-order valence-corrected chi connectivity index (χ2v) is 7.04. The number of sulfone groups is 1. The number of rotatable bonds is 5. The molecule has 2 N–H and O–H groups in total. The summed E-state index contributed by atoms with van der Waals surface area (Å²) in [4.78, 5) is 11.8. The van der Waals surface area contributed by atoms with Gasteiger partial charge in [0.05, 0.1) is 5.75 Å². The van der Waals surface area contributed by atoms with E-state index in [1.165, 1.54) is 0 Å². The van der Waals surface area contributed by atoms with Crippen LogP contribution in [0.1, 0.15) is 39.0 Å². The fourth-order valence-corrected chi connectivity index (χ4v) is 2.85. The number of nitrogens with two attached hydrogens (primary N) is 1. The van der Waals surface area contributed by atoms with Crippen LogP contribution < -0.4 is 5.73 Å². The Morgan fingerprint density at radius 1 is 1.25 bits per heavy atom. The SMILES string of the molecule is CCS(=O)(=O)CCC(=O)C1CCC(N)CC1. The lowest BCUT2D eigenvalue weighted by Gasteiger charge is -2.24. The fraction of sp³-hybridized carbons (Fsp3) is 0.909. The van der Waals surface area contributed by atoms with E-state index in [0.717, 1.165) is 25.7 Å². The van der Waals surface area contributed by atoms with Crippen LogP contribution in [0.15, 0.2) is 0 Å². The minimum Gasteiger partial charge on any atom is -0.328 e. The normalized spacial score (nSPS) is 26.6. The lowest BCUT2D eigenvalue weighted by atomic mass is 9.83. The van der Waals surface area contributed by atoms with Gasteiger partial charge in [0.2, 0.25) is 0 Å². The average molecular weight is 247 g/mol. The molecule has 0 unspecified atom stereocenters. The largest absolute Gasteiger partial charge is 0.328 e. The number of ketones is 1. The monoisotopic (exact) mass is 247 g/mol. The summed E-state index contributed by atoms with van der Waals surface area (Å²) in [7, 11) is -3.01. The maximum Gasteiger partial charge on any atom is 0.150 e. The lowest BCUT2D eigenvalue weighted by Crippen LogP contribution is -2.30. The zero-order valence-electron chi connectivity index (χ0n) is 9.81. The summed E-state index contributed by atoms with van der Waals surface area (Å²) in [6, 6.07) is 0.225. The molecule has 0 aliphatic heterocycles. The van der Waals surface area contributed by atoms with Crippen LogP contribution in [-0.4, -0.2) is 31.7 Å². The van der Waals surface area contributed by atoms with Crippen LogP contribution in [0.25, 0.3) is 0 Å². The van der Waals surface area contributed by atoms with Crippen LogP contribution in [0.4, 0.5) is 0 Å². The minimum absolute atomic E-state index is 0.00485. The van der Waals surface area contributed by atoms with Crippen molar-refractivity contribution in [1.29, 1.82) is 0 Å². The molecule has 0 spiro atoms. The smallest absolute Gasteiger partial charge is 0.150 e.